The van der Waals surface area contributed by atoms with Crippen LogP contribution in [-0.2, 0) is 9.53 Å². The molecule has 0 bridgehead atoms. The van der Waals surface area contributed by atoms with Crippen LogP contribution >= 0.6 is 0 Å². The highest BCUT2D eigenvalue weighted by atomic mass is 16.5. The van der Waals surface area contributed by atoms with E-state index in [1.807, 2.05) is 30.3 Å². The molecule has 0 radical (unpaired) electrons. The standard InChI is InChI=1S/C14H20N2O3/c17-14(12-19-13-4-2-1-3-5-13)15-6-7-16-8-10-18-11-9-16/h1-5H,6-12H2,(H,15,17). The van der Waals surface area contributed by atoms with E-state index in [0.717, 1.165) is 32.8 Å². The van der Waals surface area contributed by atoms with Crippen molar-refractivity contribution in [2.45, 2.75) is 0 Å². The van der Waals surface area contributed by atoms with Gasteiger partial charge in [-0.3, -0.25) is 9.69 Å². The zero-order chi connectivity index (χ0) is 13.3. The third-order valence-corrected chi connectivity index (χ3v) is 2.97. The highest BCUT2D eigenvalue weighted by molar-refractivity contribution is 5.77. The normalized spacial score (nSPS) is 16.0. The van der Waals surface area contributed by atoms with Crippen molar-refractivity contribution in [2.75, 3.05) is 46.0 Å². The predicted molar refractivity (Wildman–Crippen MR) is 72.2 cm³/mol. The number of ether oxygens (including phenoxy) is 2. The number of morpholine rings is 1. The van der Waals surface area contributed by atoms with Crippen LogP contribution < -0.4 is 10.1 Å². The molecule has 19 heavy (non-hydrogen) atoms. The van der Waals surface area contributed by atoms with Crippen molar-refractivity contribution in [1.29, 1.82) is 0 Å². The van der Waals surface area contributed by atoms with Gasteiger partial charge < -0.3 is 14.8 Å². The molecule has 0 aromatic heterocycles. The molecule has 1 heterocycles. The number of carbonyl (C=O) groups is 1. The number of nitrogens with zero attached hydrogens (tertiary/aromatic N) is 1. The number of rotatable bonds is 6. The molecule has 0 unspecified atom stereocenters. The van der Waals surface area contributed by atoms with Crippen molar-refractivity contribution < 1.29 is 14.3 Å². The second kappa shape index (κ2) is 7.76. The van der Waals surface area contributed by atoms with Crippen LogP contribution in [0.2, 0.25) is 0 Å². The van der Waals surface area contributed by atoms with Crippen LogP contribution in [0.5, 0.6) is 5.75 Å². The minimum atomic E-state index is -0.0860. The second-order valence-corrected chi connectivity index (χ2v) is 4.41. The molecule has 5 nitrogen and oxygen atoms in total. The molecule has 5 heteroatoms. The number of carbonyl (C=O) groups excluding carboxylic acids is 1. The molecular formula is C14H20N2O3. The van der Waals surface area contributed by atoms with Crippen molar-refractivity contribution in [3.05, 3.63) is 30.3 Å². The summed E-state index contributed by atoms with van der Waals surface area (Å²) in [5.74, 6) is 0.628. The van der Waals surface area contributed by atoms with Gasteiger partial charge in [0.05, 0.1) is 13.2 Å². The number of nitrogens with one attached hydrogen (secondary N) is 1. The molecule has 104 valence electrons. The van der Waals surface area contributed by atoms with Crippen LogP contribution in [0.4, 0.5) is 0 Å². The lowest BCUT2D eigenvalue weighted by Crippen LogP contribution is -2.42. The molecule has 1 amide bonds. The van der Waals surface area contributed by atoms with Gasteiger partial charge >= 0.3 is 0 Å². The molecule has 1 aliphatic rings. The fourth-order valence-electron chi connectivity index (χ4n) is 1.89. The molecule has 2 rings (SSSR count). The van der Waals surface area contributed by atoms with Gasteiger partial charge in [-0.05, 0) is 12.1 Å². The Morgan fingerprint density at radius 1 is 1.26 bits per heavy atom. The van der Waals surface area contributed by atoms with E-state index in [0.29, 0.717) is 12.3 Å². The van der Waals surface area contributed by atoms with E-state index in [1.165, 1.54) is 0 Å². The third kappa shape index (κ3) is 5.28. The summed E-state index contributed by atoms with van der Waals surface area (Å²) in [6.45, 7) is 5.02. The van der Waals surface area contributed by atoms with Crippen LogP contribution in [-0.4, -0.2) is 56.8 Å². The Balaban J connectivity index is 1.57. The van der Waals surface area contributed by atoms with Crippen molar-refractivity contribution >= 4 is 5.91 Å². The Labute approximate surface area is 113 Å². The molecule has 1 fully saturated rings. The first kappa shape index (κ1) is 13.8. The van der Waals surface area contributed by atoms with Gasteiger partial charge in [-0.15, -0.1) is 0 Å². The summed E-state index contributed by atoms with van der Waals surface area (Å²) in [6.07, 6.45) is 0. The minimum Gasteiger partial charge on any atom is -0.484 e. The van der Waals surface area contributed by atoms with Gasteiger partial charge in [0.1, 0.15) is 5.75 Å². The summed E-state index contributed by atoms with van der Waals surface area (Å²) in [5, 5.41) is 2.85. The van der Waals surface area contributed by atoms with Gasteiger partial charge in [-0.1, -0.05) is 18.2 Å². The topological polar surface area (TPSA) is 50.8 Å². The first-order valence-corrected chi connectivity index (χ1v) is 6.59. The summed E-state index contributed by atoms with van der Waals surface area (Å²) in [5.41, 5.74) is 0. The fraction of sp³-hybridized carbons (Fsp3) is 0.500. The van der Waals surface area contributed by atoms with E-state index >= 15 is 0 Å². The zero-order valence-electron chi connectivity index (χ0n) is 11.0. The maximum absolute atomic E-state index is 11.6. The van der Waals surface area contributed by atoms with Crippen molar-refractivity contribution in [3.63, 3.8) is 0 Å². The Morgan fingerprint density at radius 2 is 2.00 bits per heavy atom. The molecule has 1 aromatic rings. The second-order valence-electron chi connectivity index (χ2n) is 4.41. The molecule has 1 N–H and O–H groups in total. The smallest absolute Gasteiger partial charge is 0.257 e. The molecule has 1 saturated heterocycles. The molecule has 1 aliphatic heterocycles. The highest BCUT2D eigenvalue weighted by Crippen LogP contribution is 2.07. The SMILES string of the molecule is O=C(COc1ccccc1)NCCN1CCOCC1. The fourth-order valence-corrected chi connectivity index (χ4v) is 1.89. The Morgan fingerprint density at radius 3 is 2.74 bits per heavy atom. The van der Waals surface area contributed by atoms with Crippen molar-refractivity contribution in [2.24, 2.45) is 0 Å². The van der Waals surface area contributed by atoms with Gasteiger partial charge in [0, 0.05) is 26.2 Å². The quantitative estimate of drug-likeness (QED) is 0.813. The van der Waals surface area contributed by atoms with Crippen LogP contribution in [0.3, 0.4) is 0 Å². The van der Waals surface area contributed by atoms with Crippen LogP contribution in [0.15, 0.2) is 30.3 Å². The largest absolute Gasteiger partial charge is 0.484 e. The van der Waals surface area contributed by atoms with Crippen molar-refractivity contribution in [1.82, 2.24) is 10.2 Å². The van der Waals surface area contributed by atoms with Crippen LogP contribution in [0.25, 0.3) is 0 Å². The first-order valence-electron chi connectivity index (χ1n) is 6.59. The molecule has 0 atom stereocenters. The van der Waals surface area contributed by atoms with Gasteiger partial charge in [0.2, 0.25) is 0 Å². The number of amides is 1. The Kier molecular flexibility index (Phi) is 5.65. The van der Waals surface area contributed by atoms with E-state index in [4.69, 9.17) is 9.47 Å². The summed E-state index contributed by atoms with van der Waals surface area (Å²) in [4.78, 5) is 13.9. The van der Waals surface area contributed by atoms with Gasteiger partial charge in [-0.2, -0.15) is 0 Å². The molecule has 0 spiro atoms. The van der Waals surface area contributed by atoms with Crippen molar-refractivity contribution in [3.8, 4) is 5.75 Å². The average molecular weight is 264 g/mol. The maximum atomic E-state index is 11.6. The lowest BCUT2D eigenvalue weighted by Gasteiger charge is -2.26. The third-order valence-electron chi connectivity index (χ3n) is 2.97. The number of hydrogen-bond donors (Lipinski definition) is 1. The Bertz CT molecular complexity index is 378. The molecule has 0 saturated carbocycles. The van der Waals surface area contributed by atoms with Gasteiger partial charge in [0.25, 0.3) is 5.91 Å². The summed E-state index contributed by atoms with van der Waals surface area (Å²) < 4.78 is 10.6. The lowest BCUT2D eigenvalue weighted by molar-refractivity contribution is -0.123. The van der Waals surface area contributed by atoms with E-state index in [2.05, 4.69) is 10.2 Å². The van der Waals surface area contributed by atoms with E-state index in [9.17, 15) is 4.79 Å². The summed E-state index contributed by atoms with van der Waals surface area (Å²) >= 11 is 0. The average Bonchev–Trinajstić information content (AvgIpc) is 2.47. The monoisotopic (exact) mass is 264 g/mol. The zero-order valence-corrected chi connectivity index (χ0v) is 11.0. The predicted octanol–water partition coefficient (Wildman–Crippen LogP) is 0.514. The molecular weight excluding hydrogens is 244 g/mol. The maximum Gasteiger partial charge on any atom is 0.257 e. The number of hydrogen-bond acceptors (Lipinski definition) is 4. The number of benzene rings is 1. The van der Waals surface area contributed by atoms with E-state index in [-0.39, 0.29) is 12.5 Å². The first-order chi connectivity index (χ1) is 9.34. The minimum absolute atomic E-state index is 0.0626. The summed E-state index contributed by atoms with van der Waals surface area (Å²) in [7, 11) is 0. The van der Waals surface area contributed by atoms with Gasteiger partial charge in [-0.25, -0.2) is 0 Å². The highest BCUT2D eigenvalue weighted by Gasteiger charge is 2.10. The van der Waals surface area contributed by atoms with Crippen LogP contribution in [0.1, 0.15) is 0 Å². The number of para-hydroxylation sites is 1. The summed E-state index contributed by atoms with van der Waals surface area (Å²) in [6, 6.07) is 9.34. The van der Waals surface area contributed by atoms with Crippen LogP contribution in [0, 0.1) is 0 Å². The Hall–Kier alpha value is -1.59. The lowest BCUT2D eigenvalue weighted by atomic mass is 10.3. The van der Waals surface area contributed by atoms with E-state index in [1.54, 1.807) is 0 Å². The molecule has 0 aliphatic carbocycles. The molecule has 1 aromatic carbocycles. The van der Waals surface area contributed by atoms with E-state index < -0.39 is 0 Å². The van der Waals surface area contributed by atoms with Gasteiger partial charge in [0.15, 0.2) is 6.61 Å².